The van der Waals surface area contributed by atoms with E-state index in [1.54, 1.807) is 12.2 Å². The minimum Gasteiger partial charge on any atom is -0.311 e. The van der Waals surface area contributed by atoms with E-state index in [0.717, 1.165) is 39.5 Å². The van der Waals surface area contributed by atoms with E-state index >= 15 is 0 Å². The predicted molar refractivity (Wildman–Crippen MR) is 151 cm³/mol. The van der Waals surface area contributed by atoms with Crippen molar-refractivity contribution in [1.29, 1.82) is 0 Å². The molecule has 2 nitrogen and oxygen atoms in total. The second kappa shape index (κ2) is 11.0. The maximum atomic E-state index is 4.62. The van der Waals surface area contributed by atoms with Gasteiger partial charge in [-0.3, -0.25) is 4.98 Å². The molecule has 170 valence electrons. The van der Waals surface area contributed by atoms with Crippen molar-refractivity contribution in [2.45, 2.75) is 0 Å². The lowest BCUT2D eigenvalue weighted by Crippen LogP contribution is -2.14. The van der Waals surface area contributed by atoms with Gasteiger partial charge in [-0.2, -0.15) is 0 Å². The third-order valence-electron chi connectivity index (χ3n) is 5.77. The molecular formula is C33H28N2. The lowest BCUT2D eigenvalue weighted by molar-refractivity contribution is 1.22. The van der Waals surface area contributed by atoms with Crippen LogP contribution in [0.15, 0.2) is 154 Å². The number of anilines is 2. The van der Waals surface area contributed by atoms with Crippen LogP contribution in [0.3, 0.4) is 0 Å². The summed E-state index contributed by atoms with van der Waals surface area (Å²) in [7, 11) is 0. The van der Waals surface area contributed by atoms with E-state index in [1.807, 2.05) is 36.5 Å². The molecule has 0 aliphatic carbocycles. The van der Waals surface area contributed by atoms with Crippen LogP contribution in [0.5, 0.6) is 0 Å². The highest BCUT2D eigenvalue weighted by Gasteiger charge is 2.13. The Kier molecular flexibility index (Phi) is 7.34. The average Bonchev–Trinajstić information content (AvgIpc) is 2.93. The number of nitrogens with zero attached hydrogens (tertiary/aromatic N) is 2. The molecule has 0 bridgehead atoms. The highest BCUT2D eigenvalue weighted by Crippen LogP contribution is 2.34. The molecular weight excluding hydrogens is 424 g/mol. The second-order valence-corrected chi connectivity index (χ2v) is 7.99. The largest absolute Gasteiger partial charge is 0.311 e. The summed E-state index contributed by atoms with van der Waals surface area (Å²) in [6, 6.07) is 31.2. The summed E-state index contributed by atoms with van der Waals surface area (Å²) in [6.45, 7) is 15.9. The molecule has 0 atom stereocenters. The van der Waals surface area contributed by atoms with Crippen molar-refractivity contribution in [3.8, 4) is 22.4 Å². The molecule has 0 N–H and O–H groups in total. The lowest BCUT2D eigenvalue weighted by Gasteiger charge is -2.26. The summed E-state index contributed by atoms with van der Waals surface area (Å²) < 4.78 is 0. The fraction of sp³-hybridized carbons (Fsp3) is 0. The number of benzene rings is 3. The summed E-state index contributed by atoms with van der Waals surface area (Å²) in [5, 5.41) is 0. The maximum Gasteiger partial charge on any atom is 0.0708 e. The molecule has 4 aromatic rings. The molecule has 0 saturated heterocycles. The Morgan fingerprint density at radius 1 is 0.686 bits per heavy atom. The average molecular weight is 453 g/mol. The van der Waals surface area contributed by atoms with Crippen LogP contribution in [0.1, 0.15) is 5.56 Å². The van der Waals surface area contributed by atoms with Crippen LogP contribution < -0.4 is 4.90 Å². The Morgan fingerprint density at radius 3 is 2.09 bits per heavy atom. The normalized spacial score (nSPS) is 10.9. The highest BCUT2D eigenvalue weighted by atomic mass is 15.1. The zero-order valence-electron chi connectivity index (χ0n) is 19.8. The zero-order valence-corrected chi connectivity index (χ0v) is 19.8. The zero-order chi connectivity index (χ0) is 24.6. The van der Waals surface area contributed by atoms with E-state index in [0.29, 0.717) is 0 Å². The molecule has 0 aliphatic rings. The van der Waals surface area contributed by atoms with Crippen LogP contribution in [-0.4, -0.2) is 4.98 Å². The molecule has 0 aliphatic heterocycles. The van der Waals surface area contributed by atoms with Crippen molar-refractivity contribution >= 4 is 16.9 Å². The second-order valence-electron chi connectivity index (χ2n) is 7.99. The van der Waals surface area contributed by atoms with Crippen LogP contribution in [0.4, 0.5) is 11.4 Å². The van der Waals surface area contributed by atoms with Crippen molar-refractivity contribution in [2.75, 3.05) is 4.90 Å². The Balaban J connectivity index is 1.72. The Bertz CT molecular complexity index is 1390. The van der Waals surface area contributed by atoms with E-state index in [1.165, 1.54) is 11.1 Å². The molecule has 0 unspecified atom stereocenters. The van der Waals surface area contributed by atoms with Gasteiger partial charge in [0.2, 0.25) is 0 Å². The summed E-state index contributed by atoms with van der Waals surface area (Å²) in [6.07, 6.45) is 9.12. The van der Waals surface area contributed by atoms with Crippen molar-refractivity contribution in [3.05, 3.63) is 159 Å². The number of allylic oxidation sites excluding steroid dienone is 5. The van der Waals surface area contributed by atoms with Crippen LogP contribution in [0.25, 0.3) is 28.0 Å². The number of pyridine rings is 1. The van der Waals surface area contributed by atoms with Crippen molar-refractivity contribution in [2.24, 2.45) is 0 Å². The number of rotatable bonds is 9. The lowest BCUT2D eigenvalue weighted by atomic mass is 10.0. The molecule has 0 saturated carbocycles. The fourth-order valence-electron chi connectivity index (χ4n) is 3.99. The molecule has 0 radical (unpaired) electrons. The standard InChI is InChI=1S/C33H28N2/c1-5-12-26(7-3)29-21-22-34-33(24-29)30-15-11-16-32(23-30)35(25(4)6-2)31-19-17-28(18-20-31)27-13-9-8-10-14-27/h5-24H,1-4H2/b26-12+. The predicted octanol–water partition coefficient (Wildman–Crippen LogP) is 9.01. The highest BCUT2D eigenvalue weighted by molar-refractivity contribution is 5.79. The van der Waals surface area contributed by atoms with Crippen molar-refractivity contribution in [1.82, 2.24) is 4.98 Å². The first kappa shape index (κ1) is 23.5. The van der Waals surface area contributed by atoms with Gasteiger partial charge in [0.05, 0.1) is 5.69 Å². The van der Waals surface area contributed by atoms with E-state index < -0.39 is 0 Å². The molecule has 0 spiro atoms. The molecule has 3 aromatic carbocycles. The van der Waals surface area contributed by atoms with Gasteiger partial charge in [0.1, 0.15) is 0 Å². The first-order chi connectivity index (χ1) is 17.1. The first-order valence-electron chi connectivity index (χ1n) is 11.4. The third kappa shape index (κ3) is 5.29. The summed E-state index contributed by atoms with van der Waals surface area (Å²) in [4.78, 5) is 6.72. The van der Waals surface area contributed by atoms with E-state index in [-0.39, 0.29) is 0 Å². The molecule has 4 rings (SSSR count). The minimum absolute atomic E-state index is 0.791. The van der Waals surface area contributed by atoms with Gasteiger partial charge in [-0.05, 0) is 64.7 Å². The summed E-state index contributed by atoms with van der Waals surface area (Å²) >= 11 is 0. The number of hydrogen-bond donors (Lipinski definition) is 0. The van der Waals surface area contributed by atoms with Gasteiger partial charge < -0.3 is 4.90 Å². The molecule has 0 fully saturated rings. The third-order valence-corrected chi connectivity index (χ3v) is 5.77. The van der Waals surface area contributed by atoms with Gasteiger partial charge in [-0.1, -0.05) is 99.1 Å². The van der Waals surface area contributed by atoms with Gasteiger partial charge in [0.25, 0.3) is 0 Å². The van der Waals surface area contributed by atoms with Gasteiger partial charge >= 0.3 is 0 Å². The SMILES string of the molecule is C=C/C=C(\C=C)c1ccnc(-c2cccc(N(C(=C)C=C)c3ccc(-c4ccccc4)cc3)c2)c1. The van der Waals surface area contributed by atoms with Crippen LogP contribution in [0.2, 0.25) is 0 Å². The van der Waals surface area contributed by atoms with E-state index in [2.05, 4.69) is 109 Å². The van der Waals surface area contributed by atoms with Crippen LogP contribution in [-0.2, 0) is 0 Å². The quantitative estimate of drug-likeness (QED) is 0.236. The van der Waals surface area contributed by atoms with Gasteiger partial charge in [0, 0.05) is 28.8 Å². The van der Waals surface area contributed by atoms with Gasteiger partial charge in [-0.25, -0.2) is 0 Å². The van der Waals surface area contributed by atoms with Crippen molar-refractivity contribution < 1.29 is 0 Å². The van der Waals surface area contributed by atoms with E-state index in [4.69, 9.17) is 0 Å². The molecule has 35 heavy (non-hydrogen) atoms. The molecule has 1 heterocycles. The smallest absolute Gasteiger partial charge is 0.0708 e. The van der Waals surface area contributed by atoms with Gasteiger partial charge in [-0.15, -0.1) is 0 Å². The monoisotopic (exact) mass is 452 g/mol. The number of aromatic nitrogens is 1. The van der Waals surface area contributed by atoms with Crippen LogP contribution >= 0.6 is 0 Å². The first-order valence-corrected chi connectivity index (χ1v) is 11.4. The molecule has 0 amide bonds. The fourth-order valence-corrected chi connectivity index (χ4v) is 3.99. The summed E-state index contributed by atoms with van der Waals surface area (Å²) in [5.41, 5.74) is 9.07. The minimum atomic E-state index is 0.791. The topological polar surface area (TPSA) is 16.1 Å². The maximum absolute atomic E-state index is 4.62. The Morgan fingerprint density at radius 2 is 1.40 bits per heavy atom. The Labute approximate surface area is 208 Å². The van der Waals surface area contributed by atoms with Crippen molar-refractivity contribution in [3.63, 3.8) is 0 Å². The summed E-state index contributed by atoms with van der Waals surface area (Å²) in [5.74, 6) is 0. The molecule has 2 heteroatoms. The van der Waals surface area contributed by atoms with Crippen LogP contribution in [0, 0.1) is 0 Å². The Hall–Kier alpha value is -4.69. The molecule has 1 aromatic heterocycles. The van der Waals surface area contributed by atoms with Gasteiger partial charge in [0.15, 0.2) is 0 Å². The van der Waals surface area contributed by atoms with E-state index in [9.17, 15) is 0 Å². The number of hydrogen-bond acceptors (Lipinski definition) is 2.